The summed E-state index contributed by atoms with van der Waals surface area (Å²) < 4.78 is 51.3. The summed E-state index contributed by atoms with van der Waals surface area (Å²) in [6.07, 6.45) is 2.90. The van der Waals surface area contributed by atoms with Crippen LogP contribution in [0.25, 0.3) is 0 Å². The molecule has 0 spiro atoms. The molecule has 18 heteroatoms. The molecule has 4 aromatic rings. The Labute approximate surface area is 350 Å². The number of nitrogens with two attached hydrogens (primary N) is 2. The van der Waals surface area contributed by atoms with Gasteiger partial charge in [-0.25, -0.2) is 17.6 Å². The number of alkyl halides is 4. The summed E-state index contributed by atoms with van der Waals surface area (Å²) in [5, 5.41) is 4.89. The Morgan fingerprint density at radius 1 is 0.590 bits per heavy atom. The number of anilines is 2. The number of aromatic nitrogens is 2. The molecule has 2 aromatic heterocycles. The Hall–Kier alpha value is -6.72. The van der Waals surface area contributed by atoms with E-state index in [0.717, 1.165) is 12.8 Å². The largest absolute Gasteiger partial charge is 0.366 e. The number of pyridine rings is 2. The van der Waals surface area contributed by atoms with E-state index in [0.29, 0.717) is 37.1 Å². The maximum absolute atomic E-state index is 12.9. The fourth-order valence-electron chi connectivity index (χ4n) is 7.09. The predicted octanol–water partition coefficient (Wildman–Crippen LogP) is 6.75. The Bertz CT molecular complexity index is 2050. The molecule has 2 fully saturated rings. The van der Waals surface area contributed by atoms with Crippen LogP contribution < -0.4 is 22.1 Å². The zero-order valence-corrected chi connectivity index (χ0v) is 32.7. The van der Waals surface area contributed by atoms with E-state index >= 15 is 0 Å². The van der Waals surface area contributed by atoms with Crippen molar-refractivity contribution in [2.45, 2.75) is 71.9 Å². The van der Waals surface area contributed by atoms with Crippen LogP contribution >= 0.6 is 0 Å². The van der Waals surface area contributed by atoms with Crippen LogP contribution in [-0.2, 0) is 19.2 Å². The molecule has 6 rings (SSSR count). The highest BCUT2D eigenvalue weighted by molar-refractivity contribution is 6.40. The number of likely N-dealkylation sites (tertiary alicyclic amines) is 2. The van der Waals surface area contributed by atoms with Crippen LogP contribution in [0.1, 0.15) is 115 Å². The van der Waals surface area contributed by atoms with Gasteiger partial charge in [0.15, 0.2) is 0 Å². The lowest BCUT2D eigenvalue weighted by Crippen LogP contribution is -2.46. The lowest BCUT2D eigenvalue weighted by atomic mass is 9.89. The molecule has 0 unspecified atom stereocenters. The fraction of sp³-hybridized carbons (Fsp3) is 0.349. The van der Waals surface area contributed by atoms with E-state index in [1.165, 1.54) is 71.0 Å². The van der Waals surface area contributed by atoms with Crippen molar-refractivity contribution in [2.24, 2.45) is 23.3 Å². The van der Waals surface area contributed by atoms with Gasteiger partial charge in [0.1, 0.15) is 0 Å². The molecule has 0 radical (unpaired) electrons. The second-order valence-electron chi connectivity index (χ2n) is 14.8. The van der Waals surface area contributed by atoms with Crippen LogP contribution in [0.15, 0.2) is 85.5 Å². The number of primary amides is 2. The monoisotopic (exact) mass is 848 g/mol. The normalized spacial score (nSPS) is 18.6. The third kappa shape index (κ3) is 12.2. The van der Waals surface area contributed by atoms with Crippen molar-refractivity contribution in [2.75, 3.05) is 23.7 Å². The smallest absolute Gasteiger partial charge is 0.313 e. The zero-order valence-electron chi connectivity index (χ0n) is 32.7. The van der Waals surface area contributed by atoms with Gasteiger partial charge in [-0.3, -0.25) is 38.7 Å². The lowest BCUT2D eigenvalue weighted by Gasteiger charge is -2.38. The molecule has 61 heavy (non-hydrogen) atoms. The van der Waals surface area contributed by atoms with Gasteiger partial charge < -0.3 is 31.9 Å². The van der Waals surface area contributed by atoms with Crippen LogP contribution in [-0.4, -0.2) is 68.3 Å². The summed E-state index contributed by atoms with van der Waals surface area (Å²) in [5.41, 5.74) is 12.2. The first-order chi connectivity index (χ1) is 28.5. The average Bonchev–Trinajstić information content (AvgIpc) is 3.23. The predicted molar refractivity (Wildman–Crippen MR) is 218 cm³/mol. The number of hydrogen-bond donors (Lipinski definition) is 4. The van der Waals surface area contributed by atoms with Gasteiger partial charge >= 0.3 is 23.6 Å². The first-order valence-electron chi connectivity index (χ1n) is 19.0. The fourth-order valence-corrected chi connectivity index (χ4v) is 7.09. The number of carbonyl (C=O) groups is 6. The summed E-state index contributed by atoms with van der Waals surface area (Å²) in [4.78, 5) is 84.1. The van der Waals surface area contributed by atoms with E-state index in [2.05, 4.69) is 20.6 Å². The minimum atomic E-state index is -2.57. The van der Waals surface area contributed by atoms with Crippen molar-refractivity contribution >= 4 is 46.8 Å². The Morgan fingerprint density at radius 2 is 0.934 bits per heavy atom. The molecule has 2 saturated heterocycles. The molecule has 0 aliphatic carbocycles. The minimum absolute atomic E-state index is 0. The Morgan fingerprint density at radius 3 is 1.25 bits per heavy atom. The molecule has 4 heterocycles. The molecular formula is C43H48F4N8O6. The van der Waals surface area contributed by atoms with Crippen LogP contribution in [0.4, 0.5) is 28.9 Å². The number of hydrogen-bond acceptors (Lipinski definition) is 8. The van der Waals surface area contributed by atoms with Gasteiger partial charge in [0.2, 0.25) is 11.8 Å². The highest BCUT2D eigenvalue weighted by atomic mass is 19.3. The maximum Gasteiger partial charge on any atom is 0.313 e. The molecule has 2 aromatic carbocycles. The van der Waals surface area contributed by atoms with Gasteiger partial charge in [-0.1, -0.05) is 69.8 Å². The topological polar surface area (TPSA) is 211 Å². The van der Waals surface area contributed by atoms with Gasteiger partial charge in [-0.2, -0.15) is 0 Å². The first kappa shape index (κ1) is 47.0. The summed E-state index contributed by atoms with van der Waals surface area (Å²) in [5.74, 6) is -4.26. The molecule has 0 saturated carbocycles. The number of rotatable bonds is 8. The van der Waals surface area contributed by atoms with Crippen molar-refractivity contribution in [3.8, 4) is 0 Å². The molecular weight excluding hydrogens is 801 g/mol. The van der Waals surface area contributed by atoms with Crippen molar-refractivity contribution < 1.29 is 46.3 Å². The number of halogens is 4. The third-order valence-corrected chi connectivity index (χ3v) is 10.3. The molecule has 2 aliphatic rings. The van der Waals surface area contributed by atoms with E-state index < -0.39 is 48.3 Å². The van der Waals surface area contributed by atoms with Gasteiger partial charge in [0.05, 0.1) is 47.0 Å². The van der Waals surface area contributed by atoms with E-state index in [-0.39, 0.29) is 65.0 Å². The van der Waals surface area contributed by atoms with Gasteiger partial charge in [0, 0.05) is 36.6 Å². The standard InChI is InChI=1S/2C21H22F2N4O3.CH4/c2*1-12-2-7-17(13-3-5-14(6-4-13)18(22)23)27(11-12)21(30)20(29)26-16-8-15(19(24)28)9-25-10-16;/h2*3-6,8-10,12,17-18H,2,7,11H2,1H3,(H2,24,28)(H,26,29);1H4/t2*12-,17+;/m10./s1. The number of amides is 6. The van der Waals surface area contributed by atoms with Crippen molar-refractivity contribution in [1.29, 1.82) is 0 Å². The summed E-state index contributed by atoms with van der Waals surface area (Å²) in [6.45, 7) is 4.70. The van der Waals surface area contributed by atoms with Crippen LogP contribution in [0.5, 0.6) is 0 Å². The van der Waals surface area contributed by atoms with E-state index in [9.17, 15) is 46.3 Å². The average molecular weight is 849 g/mol. The van der Waals surface area contributed by atoms with Crippen molar-refractivity contribution in [1.82, 2.24) is 19.8 Å². The number of nitrogens with zero attached hydrogens (tertiary/aromatic N) is 4. The second kappa shape index (κ2) is 21.0. The number of benzene rings is 2. The first-order valence-corrected chi connectivity index (χ1v) is 19.0. The number of carbonyl (C=O) groups excluding carboxylic acids is 6. The van der Waals surface area contributed by atoms with Gasteiger partial charge in [-0.05, 0) is 60.8 Å². The van der Waals surface area contributed by atoms with E-state index in [4.69, 9.17) is 11.5 Å². The quantitative estimate of drug-likeness (QED) is 0.110. The number of nitrogens with one attached hydrogen (secondary N) is 2. The Balaban J connectivity index is 0.000000264. The summed E-state index contributed by atoms with van der Waals surface area (Å²) in [6, 6.07) is 13.5. The highest BCUT2D eigenvalue weighted by Gasteiger charge is 2.36. The molecule has 2 aliphatic heterocycles. The van der Waals surface area contributed by atoms with E-state index in [1.807, 2.05) is 13.8 Å². The molecule has 14 nitrogen and oxygen atoms in total. The molecule has 6 amide bonds. The molecule has 0 bridgehead atoms. The van der Waals surface area contributed by atoms with Crippen LogP contribution in [0.2, 0.25) is 0 Å². The molecule has 6 N–H and O–H groups in total. The summed E-state index contributed by atoms with van der Waals surface area (Å²) >= 11 is 0. The maximum atomic E-state index is 12.9. The van der Waals surface area contributed by atoms with Crippen molar-refractivity contribution in [3.63, 3.8) is 0 Å². The SMILES string of the molecule is C.C[C@@H]1CC[C@@H](c2ccc(C(F)F)cc2)N(C(=O)C(=O)Nc2cncc(C(N)=O)c2)C1.C[C@H]1CC[C@H](c2ccc(C(F)F)cc2)N(C(=O)C(=O)Nc2cncc(C(N)=O)c2)C1. The minimum Gasteiger partial charge on any atom is -0.366 e. The highest BCUT2D eigenvalue weighted by Crippen LogP contribution is 2.36. The summed E-state index contributed by atoms with van der Waals surface area (Å²) in [7, 11) is 0. The second-order valence-corrected chi connectivity index (χ2v) is 14.8. The lowest BCUT2D eigenvalue weighted by molar-refractivity contribution is -0.146. The number of piperidine rings is 2. The van der Waals surface area contributed by atoms with Gasteiger partial charge in [-0.15, -0.1) is 0 Å². The zero-order chi connectivity index (χ0) is 43.7. The van der Waals surface area contributed by atoms with Gasteiger partial charge in [0.25, 0.3) is 12.9 Å². The van der Waals surface area contributed by atoms with Crippen molar-refractivity contribution in [3.05, 3.63) is 119 Å². The molecule has 324 valence electrons. The van der Waals surface area contributed by atoms with Crippen LogP contribution in [0.3, 0.4) is 0 Å². The van der Waals surface area contributed by atoms with E-state index in [1.54, 1.807) is 24.3 Å². The molecule has 4 atom stereocenters. The van der Waals surface area contributed by atoms with Crippen LogP contribution in [0, 0.1) is 11.8 Å². The Kier molecular flexibility index (Phi) is 16.2. The third-order valence-electron chi connectivity index (χ3n) is 10.3.